The number of nitrogens with zero attached hydrogens (tertiary/aromatic N) is 4. The van der Waals surface area contributed by atoms with E-state index in [1.54, 1.807) is 0 Å². The summed E-state index contributed by atoms with van der Waals surface area (Å²) in [6, 6.07) is 10.5. The number of pyridine rings is 2. The molecule has 1 saturated heterocycles. The van der Waals surface area contributed by atoms with E-state index < -0.39 is 0 Å². The molecule has 0 aliphatic carbocycles. The predicted octanol–water partition coefficient (Wildman–Crippen LogP) is 2.92. The van der Waals surface area contributed by atoms with E-state index in [9.17, 15) is 0 Å². The smallest absolute Gasteiger partial charge is 0.128 e. The normalized spacial score (nSPS) is 16.2. The molecule has 0 radical (unpaired) electrons. The van der Waals surface area contributed by atoms with Gasteiger partial charge >= 0.3 is 0 Å². The quantitative estimate of drug-likeness (QED) is 0.868. The molecule has 0 saturated carbocycles. The lowest BCUT2D eigenvalue weighted by Crippen LogP contribution is -2.46. The van der Waals surface area contributed by atoms with Crippen molar-refractivity contribution >= 4 is 5.82 Å². The summed E-state index contributed by atoms with van der Waals surface area (Å²) in [5.74, 6) is 1.60. The number of rotatable bonds is 4. The van der Waals surface area contributed by atoms with Crippen LogP contribution in [-0.4, -0.2) is 41.0 Å². The highest BCUT2D eigenvalue weighted by molar-refractivity contribution is 5.40. The molecule has 22 heavy (non-hydrogen) atoms. The van der Waals surface area contributed by atoms with Crippen LogP contribution >= 0.6 is 0 Å². The molecular weight excluding hydrogens is 272 g/mol. The van der Waals surface area contributed by atoms with Crippen LogP contribution in [0.25, 0.3) is 0 Å². The van der Waals surface area contributed by atoms with Crippen molar-refractivity contribution in [3.05, 3.63) is 54.0 Å². The minimum Gasteiger partial charge on any atom is -0.354 e. The lowest BCUT2D eigenvalue weighted by molar-refractivity contribution is 0.249. The van der Waals surface area contributed by atoms with E-state index in [1.807, 2.05) is 18.5 Å². The molecule has 116 valence electrons. The third-order valence-electron chi connectivity index (χ3n) is 4.17. The average Bonchev–Trinajstić information content (AvgIpc) is 2.56. The predicted molar refractivity (Wildman–Crippen MR) is 90.1 cm³/mol. The van der Waals surface area contributed by atoms with Crippen LogP contribution in [-0.2, 0) is 6.54 Å². The minimum atomic E-state index is 0.479. The Balaban J connectivity index is 1.58. The Labute approximate surface area is 132 Å². The minimum absolute atomic E-state index is 0.479. The summed E-state index contributed by atoms with van der Waals surface area (Å²) in [6.07, 6.45) is 3.79. The first-order valence-corrected chi connectivity index (χ1v) is 8.05. The molecule has 0 aromatic carbocycles. The SMILES string of the molecule is CC(C)c1cccc(N2CCN(Cc3cccnc3)CC2)n1. The van der Waals surface area contributed by atoms with E-state index in [1.165, 1.54) is 11.3 Å². The zero-order chi connectivity index (χ0) is 15.4. The third-order valence-corrected chi connectivity index (χ3v) is 4.17. The van der Waals surface area contributed by atoms with Gasteiger partial charge in [0.05, 0.1) is 0 Å². The molecule has 0 N–H and O–H groups in total. The number of hydrogen-bond acceptors (Lipinski definition) is 4. The Morgan fingerprint density at radius 2 is 1.86 bits per heavy atom. The molecule has 0 atom stereocenters. The maximum absolute atomic E-state index is 4.80. The Kier molecular flexibility index (Phi) is 4.68. The molecule has 0 unspecified atom stereocenters. The van der Waals surface area contributed by atoms with Crippen LogP contribution in [0.1, 0.15) is 31.0 Å². The highest BCUT2D eigenvalue weighted by Gasteiger charge is 2.18. The van der Waals surface area contributed by atoms with Gasteiger partial charge in [0.2, 0.25) is 0 Å². The Bertz CT molecular complexity index is 589. The van der Waals surface area contributed by atoms with E-state index in [-0.39, 0.29) is 0 Å². The molecular formula is C18H24N4. The summed E-state index contributed by atoms with van der Waals surface area (Å²) in [4.78, 5) is 13.9. The highest BCUT2D eigenvalue weighted by atomic mass is 15.3. The monoisotopic (exact) mass is 296 g/mol. The fourth-order valence-corrected chi connectivity index (χ4v) is 2.82. The van der Waals surface area contributed by atoms with Gasteiger partial charge in [0.1, 0.15) is 5.82 Å². The van der Waals surface area contributed by atoms with Gasteiger partial charge in [0.15, 0.2) is 0 Å². The van der Waals surface area contributed by atoms with Crippen molar-refractivity contribution in [1.29, 1.82) is 0 Å². The third kappa shape index (κ3) is 3.63. The van der Waals surface area contributed by atoms with Crippen LogP contribution in [0.4, 0.5) is 5.82 Å². The largest absolute Gasteiger partial charge is 0.354 e. The molecule has 2 aromatic rings. The van der Waals surface area contributed by atoms with Gasteiger partial charge in [0.25, 0.3) is 0 Å². The first kappa shape index (κ1) is 15.0. The summed E-state index contributed by atoms with van der Waals surface area (Å²) in [6.45, 7) is 9.59. The van der Waals surface area contributed by atoms with Crippen LogP contribution < -0.4 is 4.90 Å². The molecule has 3 heterocycles. The molecule has 0 spiro atoms. The van der Waals surface area contributed by atoms with Gasteiger partial charge in [-0.05, 0) is 29.7 Å². The maximum Gasteiger partial charge on any atom is 0.128 e. The van der Waals surface area contributed by atoms with E-state index in [4.69, 9.17) is 4.98 Å². The van der Waals surface area contributed by atoms with E-state index in [0.29, 0.717) is 5.92 Å². The Morgan fingerprint density at radius 3 is 2.55 bits per heavy atom. The molecule has 0 amide bonds. The second-order valence-corrected chi connectivity index (χ2v) is 6.20. The zero-order valence-electron chi connectivity index (χ0n) is 13.4. The van der Waals surface area contributed by atoms with Crippen molar-refractivity contribution < 1.29 is 0 Å². The Morgan fingerprint density at radius 1 is 1.05 bits per heavy atom. The van der Waals surface area contributed by atoms with Crippen molar-refractivity contribution in [3.63, 3.8) is 0 Å². The number of anilines is 1. The van der Waals surface area contributed by atoms with Gasteiger partial charge < -0.3 is 4.90 Å². The number of aromatic nitrogens is 2. The molecule has 4 heteroatoms. The van der Waals surface area contributed by atoms with E-state index in [2.05, 4.69) is 52.9 Å². The van der Waals surface area contributed by atoms with E-state index in [0.717, 1.165) is 38.5 Å². The Hall–Kier alpha value is -1.94. The van der Waals surface area contributed by atoms with Crippen molar-refractivity contribution in [2.45, 2.75) is 26.3 Å². The lowest BCUT2D eigenvalue weighted by Gasteiger charge is -2.35. The first-order valence-electron chi connectivity index (χ1n) is 8.05. The van der Waals surface area contributed by atoms with Crippen molar-refractivity contribution in [1.82, 2.24) is 14.9 Å². The molecule has 0 bridgehead atoms. The van der Waals surface area contributed by atoms with E-state index >= 15 is 0 Å². The van der Waals surface area contributed by atoms with Gasteiger partial charge in [-0.25, -0.2) is 4.98 Å². The summed E-state index contributed by atoms with van der Waals surface area (Å²) in [5, 5.41) is 0. The average molecular weight is 296 g/mol. The second kappa shape index (κ2) is 6.88. The van der Waals surface area contributed by atoms with Gasteiger partial charge in [0, 0.05) is 50.8 Å². The number of hydrogen-bond donors (Lipinski definition) is 0. The summed E-state index contributed by atoms with van der Waals surface area (Å²) < 4.78 is 0. The van der Waals surface area contributed by atoms with Crippen LogP contribution in [0.15, 0.2) is 42.7 Å². The van der Waals surface area contributed by atoms with Crippen molar-refractivity contribution in [2.75, 3.05) is 31.1 Å². The van der Waals surface area contributed by atoms with Gasteiger partial charge in [-0.1, -0.05) is 26.0 Å². The van der Waals surface area contributed by atoms with Crippen LogP contribution in [0.3, 0.4) is 0 Å². The first-order chi connectivity index (χ1) is 10.7. The van der Waals surface area contributed by atoms with Crippen LogP contribution in [0, 0.1) is 0 Å². The standard InChI is InChI=1S/C18H24N4/c1-15(2)17-6-3-7-18(20-17)22-11-9-21(10-12-22)14-16-5-4-8-19-13-16/h3-8,13,15H,9-12,14H2,1-2H3. The topological polar surface area (TPSA) is 32.3 Å². The molecule has 3 rings (SSSR count). The highest BCUT2D eigenvalue weighted by Crippen LogP contribution is 2.19. The molecule has 1 fully saturated rings. The maximum atomic E-state index is 4.80. The fourth-order valence-electron chi connectivity index (χ4n) is 2.82. The summed E-state index contributed by atoms with van der Waals surface area (Å²) >= 11 is 0. The van der Waals surface area contributed by atoms with Gasteiger partial charge in [-0.15, -0.1) is 0 Å². The lowest BCUT2D eigenvalue weighted by atomic mass is 10.1. The van der Waals surface area contributed by atoms with Gasteiger partial charge in [-0.3, -0.25) is 9.88 Å². The number of piperazine rings is 1. The van der Waals surface area contributed by atoms with Gasteiger partial charge in [-0.2, -0.15) is 0 Å². The molecule has 1 aliphatic heterocycles. The molecule has 2 aromatic heterocycles. The molecule has 4 nitrogen and oxygen atoms in total. The van der Waals surface area contributed by atoms with Crippen LogP contribution in [0.2, 0.25) is 0 Å². The zero-order valence-corrected chi connectivity index (χ0v) is 13.4. The fraction of sp³-hybridized carbons (Fsp3) is 0.444. The second-order valence-electron chi connectivity index (χ2n) is 6.20. The van der Waals surface area contributed by atoms with Crippen molar-refractivity contribution in [3.8, 4) is 0 Å². The summed E-state index contributed by atoms with van der Waals surface area (Å²) in [5.41, 5.74) is 2.46. The molecule has 1 aliphatic rings. The summed E-state index contributed by atoms with van der Waals surface area (Å²) in [7, 11) is 0. The van der Waals surface area contributed by atoms with Crippen molar-refractivity contribution in [2.24, 2.45) is 0 Å². The van der Waals surface area contributed by atoms with Crippen LogP contribution in [0.5, 0.6) is 0 Å².